The van der Waals surface area contributed by atoms with Crippen LogP contribution in [0.15, 0.2) is 36.5 Å². The third-order valence-corrected chi connectivity index (χ3v) is 3.60. The average molecular weight is 327 g/mol. The quantitative estimate of drug-likeness (QED) is 0.195. The maximum absolute atomic E-state index is 3.47. The van der Waals surface area contributed by atoms with Crippen molar-refractivity contribution in [2.45, 2.75) is 71.1 Å². The molecule has 0 bridgehead atoms. The molecule has 0 aromatic heterocycles. The molecule has 0 aliphatic heterocycles. The largest absolute Gasteiger partial charge is 0.0928 e. The van der Waals surface area contributed by atoms with E-state index in [1.807, 2.05) is 0 Å². The van der Waals surface area contributed by atoms with E-state index >= 15 is 0 Å². The second kappa shape index (κ2) is 17.7. The van der Waals surface area contributed by atoms with E-state index in [4.69, 9.17) is 0 Å². The minimum Gasteiger partial charge on any atom is -0.0928 e. The van der Waals surface area contributed by atoms with Gasteiger partial charge in [0.2, 0.25) is 0 Å². The molecular formula is C18H31Br. The smallest absolute Gasteiger partial charge is 0.00313 e. The van der Waals surface area contributed by atoms with Crippen LogP contribution in [-0.2, 0) is 0 Å². The van der Waals surface area contributed by atoms with E-state index in [0.717, 1.165) is 24.6 Å². The summed E-state index contributed by atoms with van der Waals surface area (Å²) in [6, 6.07) is 0. The van der Waals surface area contributed by atoms with Crippen LogP contribution >= 0.6 is 15.9 Å². The summed E-state index contributed by atoms with van der Waals surface area (Å²) in [6.07, 6.45) is 26.4. The highest BCUT2D eigenvalue weighted by atomic mass is 79.9. The summed E-state index contributed by atoms with van der Waals surface area (Å²) in [5, 5.41) is 1.16. The zero-order valence-corrected chi connectivity index (χ0v) is 14.2. The maximum atomic E-state index is 3.47. The summed E-state index contributed by atoms with van der Waals surface area (Å²) in [7, 11) is 0. The summed E-state index contributed by atoms with van der Waals surface area (Å²) in [5.74, 6) is 0. The van der Waals surface area contributed by atoms with Crippen molar-refractivity contribution >= 4 is 15.9 Å². The van der Waals surface area contributed by atoms with E-state index in [1.54, 1.807) is 0 Å². The molecule has 0 aromatic carbocycles. The Balaban J connectivity index is 3.19. The molecule has 19 heavy (non-hydrogen) atoms. The lowest BCUT2D eigenvalue weighted by Gasteiger charge is -1.98. The van der Waals surface area contributed by atoms with Crippen molar-refractivity contribution in [2.24, 2.45) is 0 Å². The lowest BCUT2D eigenvalue weighted by atomic mass is 10.1. The van der Waals surface area contributed by atoms with Gasteiger partial charge in [-0.2, -0.15) is 0 Å². The Kier molecular flexibility index (Phi) is 17.4. The van der Waals surface area contributed by atoms with Crippen LogP contribution in [0.2, 0.25) is 0 Å². The number of unbranched alkanes of at least 4 members (excludes halogenated alkanes) is 6. The molecule has 0 aromatic rings. The van der Waals surface area contributed by atoms with Crippen molar-refractivity contribution < 1.29 is 0 Å². The Bertz CT molecular complexity index is 238. The molecule has 0 fully saturated rings. The first kappa shape index (κ1) is 18.7. The highest BCUT2D eigenvalue weighted by Crippen LogP contribution is 2.08. The van der Waals surface area contributed by atoms with E-state index in [-0.39, 0.29) is 0 Å². The molecule has 0 aliphatic rings. The normalized spacial score (nSPS) is 12.3. The number of allylic oxidation sites excluding steroid dienone is 6. The number of halogens is 1. The van der Waals surface area contributed by atoms with E-state index in [1.165, 1.54) is 44.9 Å². The average Bonchev–Trinajstić information content (AvgIpc) is 2.43. The lowest BCUT2D eigenvalue weighted by Crippen LogP contribution is -1.80. The lowest BCUT2D eigenvalue weighted by molar-refractivity contribution is 0.613. The fourth-order valence-electron chi connectivity index (χ4n) is 1.89. The fraction of sp³-hybridized carbons (Fsp3) is 0.667. The molecule has 0 radical (unpaired) electrons. The van der Waals surface area contributed by atoms with Gasteiger partial charge in [-0.1, -0.05) is 85.0 Å². The van der Waals surface area contributed by atoms with E-state index < -0.39 is 0 Å². The van der Waals surface area contributed by atoms with Crippen molar-refractivity contribution in [3.8, 4) is 0 Å². The van der Waals surface area contributed by atoms with Crippen molar-refractivity contribution in [1.82, 2.24) is 0 Å². The molecule has 0 nitrogen and oxygen atoms in total. The zero-order chi connectivity index (χ0) is 14.0. The van der Waals surface area contributed by atoms with Crippen LogP contribution in [0.25, 0.3) is 0 Å². The minimum absolute atomic E-state index is 1.08. The first-order chi connectivity index (χ1) is 9.41. The molecule has 1 heteroatoms. The van der Waals surface area contributed by atoms with E-state index in [9.17, 15) is 0 Å². The van der Waals surface area contributed by atoms with Crippen molar-refractivity contribution in [2.75, 3.05) is 5.33 Å². The van der Waals surface area contributed by atoms with Crippen LogP contribution in [0.1, 0.15) is 71.1 Å². The monoisotopic (exact) mass is 326 g/mol. The van der Waals surface area contributed by atoms with Gasteiger partial charge in [-0.05, 0) is 38.5 Å². The summed E-state index contributed by atoms with van der Waals surface area (Å²) in [4.78, 5) is 0. The molecule has 0 amide bonds. The molecule has 0 atom stereocenters. The van der Waals surface area contributed by atoms with Crippen molar-refractivity contribution in [3.63, 3.8) is 0 Å². The van der Waals surface area contributed by atoms with Gasteiger partial charge in [0.1, 0.15) is 0 Å². The second-order valence-corrected chi connectivity index (χ2v) is 5.69. The highest BCUT2D eigenvalue weighted by molar-refractivity contribution is 9.09. The van der Waals surface area contributed by atoms with Gasteiger partial charge in [0, 0.05) is 5.33 Å². The third kappa shape index (κ3) is 17.7. The van der Waals surface area contributed by atoms with Crippen molar-refractivity contribution in [1.29, 1.82) is 0 Å². The first-order valence-electron chi connectivity index (χ1n) is 7.92. The zero-order valence-electron chi connectivity index (χ0n) is 12.6. The van der Waals surface area contributed by atoms with Crippen LogP contribution in [0.4, 0.5) is 0 Å². The maximum Gasteiger partial charge on any atom is 0.00313 e. The summed E-state index contributed by atoms with van der Waals surface area (Å²) in [5.41, 5.74) is 0. The number of rotatable bonds is 13. The van der Waals surface area contributed by atoms with E-state index in [0.29, 0.717) is 0 Å². The predicted octanol–water partition coefficient (Wildman–Crippen LogP) is 6.97. The topological polar surface area (TPSA) is 0 Å². The summed E-state index contributed by atoms with van der Waals surface area (Å²) >= 11 is 3.47. The summed E-state index contributed by atoms with van der Waals surface area (Å²) in [6.45, 7) is 2.17. The number of alkyl halides is 1. The fourth-order valence-corrected chi connectivity index (χ4v) is 2.29. The molecule has 0 N–H and O–H groups in total. The Labute approximate surface area is 129 Å². The SMILES string of the molecule is CCC=CCC=CC/C=C\CCCCCCCCBr. The molecule has 0 rings (SSSR count). The molecular weight excluding hydrogens is 296 g/mol. The molecule has 0 saturated carbocycles. The molecule has 0 heterocycles. The van der Waals surface area contributed by atoms with Gasteiger partial charge in [-0.3, -0.25) is 0 Å². The van der Waals surface area contributed by atoms with Crippen molar-refractivity contribution in [3.05, 3.63) is 36.5 Å². The van der Waals surface area contributed by atoms with Crippen LogP contribution in [0.3, 0.4) is 0 Å². The second-order valence-electron chi connectivity index (χ2n) is 4.89. The van der Waals surface area contributed by atoms with Gasteiger partial charge < -0.3 is 0 Å². The van der Waals surface area contributed by atoms with E-state index in [2.05, 4.69) is 59.3 Å². The van der Waals surface area contributed by atoms with Gasteiger partial charge in [0.25, 0.3) is 0 Å². The third-order valence-electron chi connectivity index (χ3n) is 3.03. The van der Waals surface area contributed by atoms with Crippen LogP contribution in [0.5, 0.6) is 0 Å². The number of hydrogen-bond donors (Lipinski definition) is 0. The van der Waals surface area contributed by atoms with Crippen LogP contribution < -0.4 is 0 Å². The molecule has 0 spiro atoms. The molecule has 0 unspecified atom stereocenters. The van der Waals surface area contributed by atoms with Gasteiger partial charge >= 0.3 is 0 Å². The minimum atomic E-state index is 1.08. The standard InChI is InChI=1S/C18H31Br/c1-2-3-4-5-6-7-8-9-10-11-12-13-14-15-16-17-18-19/h3-4,6-7,9-10H,2,5,8,11-18H2,1H3/b4-3?,7-6?,10-9-. The Morgan fingerprint density at radius 1 is 0.632 bits per heavy atom. The molecule has 110 valence electrons. The highest BCUT2D eigenvalue weighted by Gasteiger charge is 1.89. The summed E-state index contributed by atoms with van der Waals surface area (Å²) < 4.78 is 0. The van der Waals surface area contributed by atoms with Crippen LogP contribution in [-0.4, -0.2) is 5.33 Å². The first-order valence-corrected chi connectivity index (χ1v) is 9.05. The Morgan fingerprint density at radius 3 is 1.79 bits per heavy atom. The molecule has 0 aliphatic carbocycles. The van der Waals surface area contributed by atoms with Crippen LogP contribution in [0, 0.1) is 0 Å². The Morgan fingerprint density at radius 2 is 1.16 bits per heavy atom. The predicted molar refractivity (Wildman–Crippen MR) is 93.1 cm³/mol. The van der Waals surface area contributed by atoms with Gasteiger partial charge in [0.15, 0.2) is 0 Å². The number of hydrogen-bond acceptors (Lipinski definition) is 0. The van der Waals surface area contributed by atoms with Gasteiger partial charge in [-0.25, -0.2) is 0 Å². The van der Waals surface area contributed by atoms with Gasteiger partial charge in [-0.15, -0.1) is 0 Å². The molecule has 0 saturated heterocycles. The Hall–Kier alpha value is -0.300. The van der Waals surface area contributed by atoms with Gasteiger partial charge in [0.05, 0.1) is 0 Å².